The summed E-state index contributed by atoms with van der Waals surface area (Å²) in [5.74, 6) is -2.05. The summed E-state index contributed by atoms with van der Waals surface area (Å²) in [6, 6.07) is 2.39. The number of hydrogen-bond donors (Lipinski definition) is 2. The van der Waals surface area contributed by atoms with Gasteiger partial charge >= 0.3 is 5.97 Å². The minimum atomic E-state index is -1.30. The average molecular weight is 254 g/mol. The fraction of sp³-hybridized carbons (Fsp3) is 0.462. The molecule has 1 aromatic carbocycles. The molecule has 5 heteroatoms. The van der Waals surface area contributed by atoms with E-state index < -0.39 is 11.8 Å². The zero-order valence-electron chi connectivity index (χ0n) is 10.7. The molecule has 0 aliphatic rings. The SMILES string of the molecule is CCCCN(CC)c1cc(F)c(C(=O)O)cc1N. The van der Waals surface area contributed by atoms with Gasteiger partial charge in [-0.25, -0.2) is 9.18 Å². The largest absolute Gasteiger partial charge is 0.478 e. The van der Waals surface area contributed by atoms with E-state index in [1.54, 1.807) is 0 Å². The van der Waals surface area contributed by atoms with Crippen LogP contribution < -0.4 is 10.6 Å². The minimum absolute atomic E-state index is 0.298. The molecule has 100 valence electrons. The molecule has 0 amide bonds. The Kier molecular flexibility index (Phi) is 4.95. The maximum atomic E-state index is 13.6. The highest BCUT2D eigenvalue weighted by molar-refractivity contribution is 5.90. The fourth-order valence-corrected chi connectivity index (χ4v) is 1.82. The maximum absolute atomic E-state index is 13.6. The van der Waals surface area contributed by atoms with Crippen molar-refractivity contribution in [2.45, 2.75) is 26.7 Å². The smallest absolute Gasteiger partial charge is 0.338 e. The average Bonchev–Trinajstić information content (AvgIpc) is 2.33. The molecule has 0 saturated heterocycles. The van der Waals surface area contributed by atoms with Crippen molar-refractivity contribution in [1.29, 1.82) is 0 Å². The van der Waals surface area contributed by atoms with Gasteiger partial charge in [-0.3, -0.25) is 0 Å². The molecule has 0 atom stereocenters. The third-order valence-corrected chi connectivity index (χ3v) is 2.85. The van der Waals surface area contributed by atoms with Crippen LogP contribution in [0.1, 0.15) is 37.0 Å². The summed E-state index contributed by atoms with van der Waals surface area (Å²) in [5.41, 5.74) is 6.28. The summed E-state index contributed by atoms with van der Waals surface area (Å²) >= 11 is 0. The molecule has 0 bridgehead atoms. The van der Waals surface area contributed by atoms with E-state index in [0.717, 1.165) is 19.4 Å². The molecule has 0 heterocycles. The Labute approximate surface area is 106 Å². The van der Waals surface area contributed by atoms with Crippen LogP contribution in [0.2, 0.25) is 0 Å². The molecule has 0 unspecified atom stereocenters. The minimum Gasteiger partial charge on any atom is -0.478 e. The number of carbonyl (C=O) groups is 1. The highest BCUT2D eigenvalue weighted by Crippen LogP contribution is 2.27. The molecular weight excluding hydrogens is 235 g/mol. The van der Waals surface area contributed by atoms with Crippen LogP contribution in [0, 0.1) is 5.82 Å². The third-order valence-electron chi connectivity index (χ3n) is 2.85. The van der Waals surface area contributed by atoms with Gasteiger partial charge in [0.25, 0.3) is 0 Å². The van der Waals surface area contributed by atoms with Gasteiger partial charge < -0.3 is 15.7 Å². The van der Waals surface area contributed by atoms with Gasteiger partial charge in [0, 0.05) is 19.2 Å². The molecule has 18 heavy (non-hydrogen) atoms. The Morgan fingerprint density at radius 1 is 1.44 bits per heavy atom. The number of nitrogen functional groups attached to an aromatic ring is 1. The number of carboxylic acid groups (broad SMARTS) is 1. The molecule has 4 nitrogen and oxygen atoms in total. The van der Waals surface area contributed by atoms with E-state index in [0.29, 0.717) is 17.9 Å². The molecule has 0 aliphatic heterocycles. The molecule has 1 rings (SSSR count). The van der Waals surface area contributed by atoms with Crippen molar-refractivity contribution in [3.63, 3.8) is 0 Å². The van der Waals surface area contributed by atoms with Crippen LogP contribution in [0.25, 0.3) is 0 Å². The van der Waals surface area contributed by atoms with E-state index >= 15 is 0 Å². The van der Waals surface area contributed by atoms with Crippen LogP contribution in [0.5, 0.6) is 0 Å². The Hall–Kier alpha value is -1.78. The van der Waals surface area contributed by atoms with Crippen LogP contribution in [0.3, 0.4) is 0 Å². The molecule has 0 radical (unpaired) electrons. The van der Waals surface area contributed by atoms with E-state index in [9.17, 15) is 9.18 Å². The first-order valence-electron chi connectivity index (χ1n) is 6.08. The van der Waals surface area contributed by atoms with E-state index in [-0.39, 0.29) is 5.56 Å². The molecule has 0 spiro atoms. The fourth-order valence-electron chi connectivity index (χ4n) is 1.82. The lowest BCUT2D eigenvalue weighted by Crippen LogP contribution is -2.25. The van der Waals surface area contributed by atoms with E-state index in [1.165, 1.54) is 12.1 Å². The summed E-state index contributed by atoms with van der Waals surface area (Å²) in [7, 11) is 0. The van der Waals surface area contributed by atoms with Gasteiger partial charge in [-0.2, -0.15) is 0 Å². The van der Waals surface area contributed by atoms with Gasteiger partial charge in [0.2, 0.25) is 0 Å². The first kappa shape index (κ1) is 14.3. The number of nitrogens with zero attached hydrogens (tertiary/aromatic N) is 1. The Balaban J connectivity index is 3.08. The quantitative estimate of drug-likeness (QED) is 0.766. The van der Waals surface area contributed by atoms with Crippen molar-refractivity contribution in [3.8, 4) is 0 Å². The number of carboxylic acids is 1. The molecular formula is C13H19FN2O2. The zero-order chi connectivity index (χ0) is 13.7. The van der Waals surface area contributed by atoms with Crippen LogP contribution in [-0.4, -0.2) is 24.2 Å². The van der Waals surface area contributed by atoms with Crippen molar-refractivity contribution >= 4 is 17.3 Å². The van der Waals surface area contributed by atoms with Crippen LogP contribution in [0.4, 0.5) is 15.8 Å². The monoisotopic (exact) mass is 254 g/mol. The molecule has 0 saturated carbocycles. The van der Waals surface area contributed by atoms with Crippen LogP contribution in [0.15, 0.2) is 12.1 Å². The maximum Gasteiger partial charge on any atom is 0.338 e. The predicted molar refractivity (Wildman–Crippen MR) is 70.6 cm³/mol. The number of aromatic carboxylic acids is 1. The van der Waals surface area contributed by atoms with Crippen molar-refractivity contribution in [1.82, 2.24) is 0 Å². The van der Waals surface area contributed by atoms with Crippen molar-refractivity contribution in [2.24, 2.45) is 0 Å². The van der Waals surface area contributed by atoms with Gasteiger partial charge in [0.05, 0.1) is 16.9 Å². The summed E-state index contributed by atoms with van der Waals surface area (Å²) in [6.07, 6.45) is 2.02. The van der Waals surface area contributed by atoms with Crippen molar-refractivity contribution < 1.29 is 14.3 Å². The zero-order valence-corrected chi connectivity index (χ0v) is 10.7. The summed E-state index contributed by atoms with van der Waals surface area (Å²) in [6.45, 7) is 5.52. The second kappa shape index (κ2) is 6.23. The second-order valence-corrected chi connectivity index (χ2v) is 4.13. The summed E-state index contributed by atoms with van der Waals surface area (Å²) < 4.78 is 13.6. The summed E-state index contributed by atoms with van der Waals surface area (Å²) in [4.78, 5) is 12.7. The number of rotatable bonds is 6. The molecule has 3 N–H and O–H groups in total. The number of anilines is 2. The second-order valence-electron chi connectivity index (χ2n) is 4.13. The van der Waals surface area contributed by atoms with Gasteiger partial charge in [0.1, 0.15) is 5.82 Å². The van der Waals surface area contributed by atoms with E-state index in [2.05, 4.69) is 6.92 Å². The Bertz CT molecular complexity index is 435. The Morgan fingerprint density at radius 2 is 2.11 bits per heavy atom. The van der Waals surface area contributed by atoms with Crippen molar-refractivity contribution in [2.75, 3.05) is 23.7 Å². The van der Waals surface area contributed by atoms with E-state index in [4.69, 9.17) is 10.8 Å². The molecule has 0 fully saturated rings. The van der Waals surface area contributed by atoms with Gasteiger partial charge in [-0.1, -0.05) is 13.3 Å². The molecule has 0 aromatic heterocycles. The van der Waals surface area contributed by atoms with Crippen LogP contribution >= 0.6 is 0 Å². The normalized spacial score (nSPS) is 10.4. The lowest BCUT2D eigenvalue weighted by atomic mass is 10.1. The summed E-state index contributed by atoms with van der Waals surface area (Å²) in [5, 5.41) is 8.81. The lowest BCUT2D eigenvalue weighted by Gasteiger charge is -2.24. The topological polar surface area (TPSA) is 66.6 Å². The highest BCUT2D eigenvalue weighted by Gasteiger charge is 2.16. The highest BCUT2D eigenvalue weighted by atomic mass is 19.1. The number of hydrogen-bond acceptors (Lipinski definition) is 3. The Morgan fingerprint density at radius 3 is 2.61 bits per heavy atom. The van der Waals surface area contributed by atoms with Gasteiger partial charge in [-0.15, -0.1) is 0 Å². The first-order chi connectivity index (χ1) is 8.51. The molecule has 0 aliphatic carbocycles. The van der Waals surface area contributed by atoms with Gasteiger partial charge in [0.15, 0.2) is 0 Å². The lowest BCUT2D eigenvalue weighted by molar-refractivity contribution is 0.0692. The third kappa shape index (κ3) is 3.12. The molecule has 1 aromatic rings. The van der Waals surface area contributed by atoms with Crippen molar-refractivity contribution in [3.05, 3.63) is 23.5 Å². The van der Waals surface area contributed by atoms with E-state index in [1.807, 2.05) is 11.8 Å². The first-order valence-corrected chi connectivity index (χ1v) is 6.08. The number of unbranched alkanes of at least 4 members (excludes halogenated alkanes) is 1. The van der Waals surface area contributed by atoms with Crippen LogP contribution in [-0.2, 0) is 0 Å². The number of nitrogens with two attached hydrogens (primary N) is 1. The number of benzene rings is 1. The standard InChI is InChI=1S/C13H19FN2O2/c1-3-5-6-16(4-2)12-8-10(14)9(13(17)18)7-11(12)15/h7-8H,3-6,15H2,1-2H3,(H,17,18). The predicted octanol–water partition coefficient (Wildman–Crippen LogP) is 2.73. The number of halogens is 1. The van der Waals surface area contributed by atoms with Gasteiger partial charge in [-0.05, 0) is 19.4 Å².